The fourth-order valence-electron chi connectivity index (χ4n) is 2.55. The molecule has 0 radical (unpaired) electrons. The smallest absolute Gasteiger partial charge is 0.263 e. The van der Waals surface area contributed by atoms with E-state index in [2.05, 4.69) is 23.0 Å². The average molecular weight is 365 g/mol. The van der Waals surface area contributed by atoms with Crippen molar-refractivity contribution in [1.82, 2.24) is 0 Å². The Kier molecular flexibility index (Phi) is 6.70. The van der Waals surface area contributed by atoms with E-state index in [1.807, 2.05) is 19.9 Å². The third-order valence-electron chi connectivity index (χ3n) is 3.93. The summed E-state index contributed by atoms with van der Waals surface area (Å²) >= 11 is 4.84. The minimum Gasteiger partial charge on any atom is -0.488 e. The zero-order valence-electron chi connectivity index (χ0n) is 14.5. The maximum Gasteiger partial charge on any atom is 0.263 e. The molecule has 0 saturated carbocycles. The normalized spacial score (nSPS) is 10.4. The Morgan fingerprint density at radius 1 is 1.20 bits per heavy atom. The summed E-state index contributed by atoms with van der Waals surface area (Å²) in [7, 11) is 0. The van der Waals surface area contributed by atoms with Crippen LogP contribution in [-0.4, -0.2) is 12.0 Å². The number of rotatable bonds is 6. The van der Waals surface area contributed by atoms with Gasteiger partial charge in [0.1, 0.15) is 18.2 Å². The molecule has 0 saturated heterocycles. The molecule has 0 unspecified atom stereocenters. The topological polar surface area (TPSA) is 30.5 Å². The molecule has 2 aromatic carbocycles. The van der Waals surface area contributed by atoms with E-state index in [1.165, 1.54) is 17.7 Å². The van der Waals surface area contributed by atoms with Gasteiger partial charge in [-0.05, 0) is 67.4 Å². The van der Waals surface area contributed by atoms with Gasteiger partial charge in [-0.3, -0.25) is 0 Å². The maximum atomic E-state index is 14.2. The van der Waals surface area contributed by atoms with Crippen LogP contribution in [0.5, 0.6) is 5.75 Å². The Balaban J connectivity index is 2.20. The highest BCUT2D eigenvalue weighted by molar-refractivity contribution is 7.80. The van der Waals surface area contributed by atoms with Crippen LogP contribution in [0.4, 0.5) is 14.5 Å². The zero-order valence-corrected chi connectivity index (χ0v) is 15.3. The van der Waals surface area contributed by atoms with Crippen LogP contribution in [0.25, 0.3) is 0 Å². The summed E-state index contributed by atoms with van der Waals surface area (Å²) < 4.78 is 36.8. The van der Waals surface area contributed by atoms with E-state index in [9.17, 15) is 8.78 Å². The van der Waals surface area contributed by atoms with Gasteiger partial charge in [-0.2, -0.15) is 0 Å². The number of hydrogen-bond acceptors (Lipinski definition) is 3. The largest absolute Gasteiger partial charge is 0.488 e. The van der Waals surface area contributed by atoms with Gasteiger partial charge in [0.2, 0.25) is 6.86 Å². The summed E-state index contributed by atoms with van der Waals surface area (Å²) in [5, 5.41) is 2.52. The predicted molar refractivity (Wildman–Crippen MR) is 99.3 cm³/mol. The quantitative estimate of drug-likeness (QED) is 0.711. The molecule has 3 nitrogen and oxygen atoms in total. The minimum absolute atomic E-state index is 0.0129. The molecule has 2 aromatic rings. The van der Waals surface area contributed by atoms with Gasteiger partial charge in [0.05, 0.1) is 5.69 Å². The van der Waals surface area contributed by atoms with Crippen molar-refractivity contribution in [3.8, 4) is 5.75 Å². The van der Waals surface area contributed by atoms with Crippen molar-refractivity contribution >= 4 is 23.1 Å². The molecule has 0 atom stereocenters. The van der Waals surface area contributed by atoms with Crippen molar-refractivity contribution in [3.05, 3.63) is 58.4 Å². The Labute approximate surface area is 152 Å². The van der Waals surface area contributed by atoms with E-state index < -0.39 is 12.7 Å². The first kappa shape index (κ1) is 19.1. The number of ether oxygens (including phenoxy) is 2. The molecule has 0 spiro atoms. The summed E-state index contributed by atoms with van der Waals surface area (Å²) in [5.41, 5.74) is 4.06. The van der Waals surface area contributed by atoms with E-state index in [0.29, 0.717) is 17.0 Å². The van der Waals surface area contributed by atoms with Gasteiger partial charge >= 0.3 is 0 Å². The molecule has 0 amide bonds. The third-order valence-corrected chi connectivity index (χ3v) is 4.15. The van der Waals surface area contributed by atoms with Crippen molar-refractivity contribution in [1.29, 1.82) is 0 Å². The lowest BCUT2D eigenvalue weighted by molar-refractivity contribution is 0.184. The van der Waals surface area contributed by atoms with Crippen molar-refractivity contribution in [2.45, 2.75) is 33.8 Å². The molecule has 0 aromatic heterocycles. The first-order valence-corrected chi connectivity index (χ1v) is 8.37. The molecule has 0 aliphatic heterocycles. The average Bonchev–Trinajstić information content (AvgIpc) is 2.57. The van der Waals surface area contributed by atoms with E-state index in [0.717, 1.165) is 17.5 Å². The Hall–Kier alpha value is -2.21. The standard InChI is InChI=1S/C19H21F2NO2S/c1-4-14-8-13(3)18(9-12(14)2)23-10-15-16(21)6-5-7-17(15)22-19(25)24-11-20/h5-9H,4,10-11H2,1-3H3,(H,22,25). The monoisotopic (exact) mass is 365 g/mol. The van der Waals surface area contributed by atoms with Gasteiger partial charge in [0, 0.05) is 5.56 Å². The van der Waals surface area contributed by atoms with Crippen LogP contribution in [0.15, 0.2) is 30.3 Å². The summed E-state index contributed by atoms with van der Waals surface area (Å²) in [4.78, 5) is 0. The van der Waals surface area contributed by atoms with Crippen LogP contribution in [-0.2, 0) is 17.8 Å². The second-order valence-electron chi connectivity index (χ2n) is 5.62. The van der Waals surface area contributed by atoms with Gasteiger partial charge in [0.15, 0.2) is 0 Å². The van der Waals surface area contributed by atoms with Crippen molar-refractivity contribution < 1.29 is 18.3 Å². The van der Waals surface area contributed by atoms with Crippen LogP contribution < -0.4 is 10.1 Å². The number of thiocarbonyl (C=S) groups is 1. The molecule has 1 N–H and O–H groups in total. The van der Waals surface area contributed by atoms with Gasteiger partial charge in [0.25, 0.3) is 5.17 Å². The van der Waals surface area contributed by atoms with Gasteiger partial charge in [-0.25, -0.2) is 8.78 Å². The summed E-state index contributed by atoms with van der Waals surface area (Å²) in [5.74, 6) is 0.263. The van der Waals surface area contributed by atoms with Gasteiger partial charge in [-0.15, -0.1) is 0 Å². The lowest BCUT2D eigenvalue weighted by Crippen LogP contribution is -2.15. The number of aryl methyl sites for hydroxylation is 3. The van der Waals surface area contributed by atoms with E-state index in [-0.39, 0.29) is 11.8 Å². The third kappa shape index (κ3) is 4.89. The van der Waals surface area contributed by atoms with E-state index >= 15 is 0 Å². The van der Waals surface area contributed by atoms with Crippen LogP contribution in [0.2, 0.25) is 0 Å². The van der Waals surface area contributed by atoms with Gasteiger partial charge in [-0.1, -0.05) is 19.1 Å². The molecule has 0 fully saturated rings. The lowest BCUT2D eigenvalue weighted by Gasteiger charge is -2.16. The Bertz CT molecular complexity index is 765. The minimum atomic E-state index is -1.05. The number of alkyl halides is 1. The van der Waals surface area contributed by atoms with Crippen LogP contribution >= 0.6 is 12.2 Å². The molecule has 2 rings (SSSR count). The molecule has 25 heavy (non-hydrogen) atoms. The van der Waals surface area contributed by atoms with Crippen LogP contribution in [0.1, 0.15) is 29.2 Å². The van der Waals surface area contributed by atoms with E-state index in [1.54, 1.807) is 6.07 Å². The van der Waals surface area contributed by atoms with Crippen LogP contribution in [0.3, 0.4) is 0 Å². The fourth-order valence-corrected chi connectivity index (χ4v) is 2.71. The summed E-state index contributed by atoms with van der Waals surface area (Å²) in [6.07, 6.45) is 0.945. The maximum absolute atomic E-state index is 14.2. The fraction of sp³-hybridized carbons (Fsp3) is 0.316. The molecular weight excluding hydrogens is 344 g/mol. The lowest BCUT2D eigenvalue weighted by atomic mass is 10.0. The first-order chi connectivity index (χ1) is 12.0. The predicted octanol–water partition coefficient (Wildman–Crippen LogP) is 5.22. The molecular formula is C19H21F2NO2S. The highest BCUT2D eigenvalue weighted by Crippen LogP contribution is 2.26. The van der Waals surface area contributed by atoms with E-state index in [4.69, 9.17) is 17.0 Å². The number of benzene rings is 2. The molecule has 0 aliphatic rings. The first-order valence-electron chi connectivity index (χ1n) is 7.96. The molecule has 0 aliphatic carbocycles. The molecule has 0 heterocycles. The number of hydrogen-bond donors (Lipinski definition) is 1. The molecule has 0 bridgehead atoms. The number of halogens is 2. The van der Waals surface area contributed by atoms with Crippen molar-refractivity contribution in [3.63, 3.8) is 0 Å². The summed E-state index contributed by atoms with van der Waals surface area (Å²) in [6, 6.07) is 8.54. The Morgan fingerprint density at radius 3 is 2.64 bits per heavy atom. The second-order valence-corrected chi connectivity index (χ2v) is 5.99. The van der Waals surface area contributed by atoms with Gasteiger partial charge < -0.3 is 14.8 Å². The van der Waals surface area contributed by atoms with Crippen molar-refractivity contribution in [2.75, 3.05) is 12.2 Å². The molecule has 6 heteroatoms. The summed E-state index contributed by atoms with van der Waals surface area (Å²) in [6.45, 7) is 5.04. The van der Waals surface area contributed by atoms with Crippen molar-refractivity contribution in [2.24, 2.45) is 0 Å². The highest BCUT2D eigenvalue weighted by atomic mass is 32.1. The number of anilines is 1. The molecule has 134 valence electrons. The SMILES string of the molecule is CCc1cc(C)c(OCc2c(F)cccc2NC(=S)OCF)cc1C. The second kappa shape index (κ2) is 8.76. The van der Waals surface area contributed by atoms with Crippen LogP contribution in [0, 0.1) is 19.7 Å². The zero-order chi connectivity index (χ0) is 18.4. The highest BCUT2D eigenvalue weighted by Gasteiger charge is 2.12. The Morgan fingerprint density at radius 2 is 1.96 bits per heavy atom. The number of nitrogens with one attached hydrogen (secondary N) is 1.